The Morgan fingerprint density at radius 3 is 2.42 bits per heavy atom. The van der Waals surface area contributed by atoms with Crippen molar-refractivity contribution in [3.63, 3.8) is 0 Å². The van der Waals surface area contributed by atoms with Gasteiger partial charge in [0.25, 0.3) is 0 Å². The number of alkyl halides is 3. The molecule has 2 fully saturated rings. The SMILES string of the molecule is COc1cc(/C=C/c2cccc(-c3cccc(-c4nc5cc(CN6CC[C@@H](C(=O)O)C6)cc(C#N)c5o4)c3Cl)c2C)c(C(F)(F)F)cc1CN1CC[C@@H](O)C1. The molecule has 1 aromatic heterocycles. The molecule has 0 bridgehead atoms. The molecule has 2 saturated heterocycles. The van der Waals surface area contributed by atoms with Crippen LogP contribution in [0.15, 0.2) is 65.1 Å². The second-order valence-electron chi connectivity index (χ2n) is 14.1. The molecule has 55 heavy (non-hydrogen) atoms. The number of aliphatic hydroxyl groups excluding tert-OH is 1. The van der Waals surface area contributed by atoms with Gasteiger partial charge in [0.15, 0.2) is 5.58 Å². The van der Waals surface area contributed by atoms with E-state index < -0.39 is 29.7 Å². The topological polar surface area (TPSA) is 123 Å². The summed E-state index contributed by atoms with van der Waals surface area (Å²) in [5.41, 5.74) is 4.85. The number of oxazole rings is 1. The Labute approximate surface area is 320 Å². The summed E-state index contributed by atoms with van der Waals surface area (Å²) in [4.78, 5) is 20.1. The Kier molecular flexibility index (Phi) is 10.7. The lowest BCUT2D eigenvalue weighted by Crippen LogP contribution is -2.22. The number of carboxylic acids is 1. The molecule has 0 unspecified atom stereocenters. The fraction of sp³-hybridized carbons (Fsp3) is 0.310. The maximum atomic E-state index is 14.4. The number of β-amino-alcohol motifs (C(OH)–C–C–N with tert-alkyl or cyclic N) is 1. The summed E-state index contributed by atoms with van der Waals surface area (Å²) in [7, 11) is 1.43. The molecule has 5 aromatic rings. The minimum Gasteiger partial charge on any atom is -0.496 e. The van der Waals surface area contributed by atoms with Crippen molar-refractivity contribution in [1.29, 1.82) is 5.26 Å². The number of aromatic nitrogens is 1. The third-order valence-electron chi connectivity index (χ3n) is 10.4. The van der Waals surface area contributed by atoms with Gasteiger partial charge in [-0.25, -0.2) is 4.98 Å². The average molecular weight is 771 g/mol. The van der Waals surface area contributed by atoms with Crippen molar-refractivity contribution < 1.29 is 37.3 Å². The molecule has 2 atom stereocenters. The summed E-state index contributed by atoms with van der Waals surface area (Å²) in [5, 5.41) is 29.6. The summed E-state index contributed by atoms with van der Waals surface area (Å²) in [6.45, 7) is 4.63. The first kappa shape index (κ1) is 38.1. The summed E-state index contributed by atoms with van der Waals surface area (Å²) < 4.78 is 54.9. The number of nitrogens with zero attached hydrogens (tertiary/aromatic N) is 4. The molecule has 2 aliphatic rings. The van der Waals surface area contributed by atoms with Crippen LogP contribution in [0.1, 0.15) is 51.8 Å². The van der Waals surface area contributed by atoms with Crippen LogP contribution >= 0.6 is 11.6 Å². The second-order valence-corrected chi connectivity index (χ2v) is 14.5. The molecule has 7 rings (SSSR count). The lowest BCUT2D eigenvalue weighted by molar-refractivity contribution is -0.141. The van der Waals surface area contributed by atoms with Crippen molar-refractivity contribution in [2.24, 2.45) is 5.92 Å². The Hall–Kier alpha value is -5.19. The number of halogens is 4. The van der Waals surface area contributed by atoms with Crippen LogP contribution < -0.4 is 4.74 Å². The molecular weight excluding hydrogens is 733 g/mol. The van der Waals surface area contributed by atoms with Gasteiger partial charge in [-0.05, 0) is 84.5 Å². The number of ether oxygens (including phenoxy) is 1. The molecule has 0 saturated carbocycles. The normalized spacial score (nSPS) is 18.1. The maximum absolute atomic E-state index is 14.4. The Morgan fingerprint density at radius 2 is 1.73 bits per heavy atom. The van der Waals surface area contributed by atoms with E-state index in [0.29, 0.717) is 95.3 Å². The van der Waals surface area contributed by atoms with E-state index in [1.807, 2.05) is 53.1 Å². The smallest absolute Gasteiger partial charge is 0.417 e. The van der Waals surface area contributed by atoms with Gasteiger partial charge in [0.1, 0.15) is 17.3 Å². The summed E-state index contributed by atoms with van der Waals surface area (Å²) in [5.74, 6) is -0.679. The summed E-state index contributed by atoms with van der Waals surface area (Å²) >= 11 is 7.05. The zero-order valence-electron chi connectivity index (χ0n) is 30.2. The van der Waals surface area contributed by atoms with Crippen LogP contribution in [0, 0.1) is 24.2 Å². The highest BCUT2D eigenvalue weighted by Gasteiger charge is 2.35. The van der Waals surface area contributed by atoms with Gasteiger partial charge in [-0.3, -0.25) is 14.6 Å². The lowest BCUT2D eigenvalue weighted by atomic mass is 9.94. The lowest BCUT2D eigenvalue weighted by Gasteiger charge is -2.20. The maximum Gasteiger partial charge on any atom is 0.417 e. The Bertz CT molecular complexity index is 2350. The molecule has 0 radical (unpaired) electrons. The van der Waals surface area contributed by atoms with Crippen molar-refractivity contribution in [2.75, 3.05) is 33.3 Å². The number of nitriles is 1. The molecule has 0 aliphatic carbocycles. The molecule has 3 heterocycles. The predicted molar refractivity (Wildman–Crippen MR) is 203 cm³/mol. The van der Waals surface area contributed by atoms with Crippen LogP contribution in [0.2, 0.25) is 5.02 Å². The van der Waals surface area contributed by atoms with E-state index in [4.69, 9.17) is 25.7 Å². The van der Waals surface area contributed by atoms with Crippen molar-refractivity contribution in [3.8, 4) is 34.4 Å². The first-order valence-electron chi connectivity index (χ1n) is 17.9. The number of likely N-dealkylation sites (tertiary alicyclic amines) is 2. The van der Waals surface area contributed by atoms with E-state index in [1.165, 1.54) is 19.3 Å². The average Bonchev–Trinajstić information content (AvgIpc) is 3.91. The van der Waals surface area contributed by atoms with Crippen molar-refractivity contribution in [3.05, 3.63) is 105 Å². The van der Waals surface area contributed by atoms with E-state index >= 15 is 0 Å². The number of fused-ring (bicyclic) bond motifs is 1. The summed E-state index contributed by atoms with van der Waals surface area (Å²) in [6, 6.07) is 19.2. The number of aliphatic hydroxyl groups is 1. The standard InChI is InChI=1S/C42H38ClF3N4O5/c1-24-26(9-10-27-18-37(54-2)30(17-35(27)42(44,45)46)22-50-14-12-31(51)23-50)5-3-6-32(24)33-7-4-8-34(38(33)43)40-48-36-16-25(15-29(19-47)39(36)55-40)20-49-13-11-28(21-49)41(52)53/h3-10,15-18,28,31,51H,11-14,20-23H2,1-2H3,(H,52,53)/b10-9+/t28-,31-/m1/s1. The van der Waals surface area contributed by atoms with E-state index in [0.717, 1.165) is 22.8 Å². The van der Waals surface area contributed by atoms with Crippen LogP contribution in [-0.4, -0.2) is 70.4 Å². The van der Waals surface area contributed by atoms with Crippen LogP contribution in [0.5, 0.6) is 5.75 Å². The molecule has 9 nitrogen and oxygen atoms in total. The van der Waals surface area contributed by atoms with Crippen LogP contribution in [0.3, 0.4) is 0 Å². The van der Waals surface area contributed by atoms with Gasteiger partial charge in [0.05, 0.1) is 40.8 Å². The third kappa shape index (κ3) is 7.97. The fourth-order valence-electron chi connectivity index (χ4n) is 7.56. The van der Waals surface area contributed by atoms with Gasteiger partial charge in [-0.15, -0.1) is 0 Å². The van der Waals surface area contributed by atoms with E-state index in [1.54, 1.807) is 18.2 Å². The monoisotopic (exact) mass is 770 g/mol. The molecule has 0 spiro atoms. The first-order chi connectivity index (χ1) is 26.3. The Morgan fingerprint density at radius 1 is 1.02 bits per heavy atom. The quantitative estimate of drug-likeness (QED) is 0.134. The fourth-order valence-corrected chi connectivity index (χ4v) is 7.87. The highest BCUT2D eigenvalue weighted by atomic mass is 35.5. The first-order valence-corrected chi connectivity index (χ1v) is 18.2. The zero-order valence-corrected chi connectivity index (χ0v) is 30.9. The van der Waals surface area contributed by atoms with Gasteiger partial charge in [-0.1, -0.05) is 54.1 Å². The number of methoxy groups -OCH3 is 1. The molecule has 2 aliphatic heterocycles. The number of carbonyl (C=O) groups is 1. The number of hydrogen-bond acceptors (Lipinski definition) is 8. The largest absolute Gasteiger partial charge is 0.496 e. The van der Waals surface area contributed by atoms with Crippen LogP contribution in [0.25, 0.3) is 45.8 Å². The molecule has 0 amide bonds. The molecule has 284 valence electrons. The van der Waals surface area contributed by atoms with Crippen molar-refractivity contribution >= 4 is 40.8 Å². The van der Waals surface area contributed by atoms with Gasteiger partial charge in [-0.2, -0.15) is 18.4 Å². The number of aliphatic carboxylic acids is 1. The molecule has 13 heteroatoms. The van der Waals surface area contributed by atoms with E-state index in [-0.39, 0.29) is 18.0 Å². The highest BCUT2D eigenvalue weighted by Crippen LogP contribution is 2.41. The minimum atomic E-state index is -4.62. The van der Waals surface area contributed by atoms with E-state index in [9.17, 15) is 33.4 Å². The second kappa shape index (κ2) is 15.5. The molecule has 4 aromatic carbocycles. The van der Waals surface area contributed by atoms with Gasteiger partial charge >= 0.3 is 12.1 Å². The predicted octanol–water partition coefficient (Wildman–Crippen LogP) is 8.67. The third-order valence-corrected chi connectivity index (χ3v) is 10.8. The highest BCUT2D eigenvalue weighted by molar-refractivity contribution is 6.36. The van der Waals surface area contributed by atoms with Gasteiger partial charge in [0, 0.05) is 43.9 Å². The number of benzene rings is 4. The zero-order chi connectivity index (χ0) is 39.0. The summed E-state index contributed by atoms with van der Waals surface area (Å²) in [6.07, 6.45) is -0.892. The molecular formula is C42H38ClF3N4O5. The molecule has 2 N–H and O–H groups in total. The van der Waals surface area contributed by atoms with E-state index in [2.05, 4.69) is 6.07 Å². The van der Waals surface area contributed by atoms with Crippen molar-refractivity contribution in [1.82, 2.24) is 14.8 Å². The number of hydrogen-bond donors (Lipinski definition) is 2. The van der Waals surface area contributed by atoms with Gasteiger partial charge < -0.3 is 19.4 Å². The number of carboxylic acid groups (broad SMARTS) is 1. The van der Waals surface area contributed by atoms with Gasteiger partial charge in [0.2, 0.25) is 5.89 Å². The Balaban J connectivity index is 1.18. The minimum absolute atomic E-state index is 0.0415. The number of rotatable bonds is 10. The van der Waals surface area contributed by atoms with Crippen LogP contribution in [0.4, 0.5) is 13.2 Å². The van der Waals surface area contributed by atoms with Crippen molar-refractivity contribution in [2.45, 2.75) is 45.1 Å². The van der Waals surface area contributed by atoms with Crippen LogP contribution in [-0.2, 0) is 24.1 Å².